The topological polar surface area (TPSA) is 147 Å². The van der Waals surface area contributed by atoms with Gasteiger partial charge < -0.3 is 24.4 Å². The molecule has 5 heterocycles. The highest BCUT2D eigenvalue weighted by atomic mass is 32.1. The fourth-order valence-corrected chi connectivity index (χ4v) is 11.9. The number of benzene rings is 2. The molecule has 59 heavy (non-hydrogen) atoms. The first-order valence-corrected chi connectivity index (χ1v) is 23.3. The molecule has 312 valence electrons. The summed E-state index contributed by atoms with van der Waals surface area (Å²) in [6.07, 6.45) is 11.4. The molecule has 2 aromatic carbocycles. The van der Waals surface area contributed by atoms with Crippen molar-refractivity contribution in [2.45, 2.75) is 120 Å². The van der Waals surface area contributed by atoms with Crippen LogP contribution in [0.15, 0.2) is 79.1 Å². The summed E-state index contributed by atoms with van der Waals surface area (Å²) in [6, 6.07) is 15.9. The van der Waals surface area contributed by atoms with Gasteiger partial charge in [-0.25, -0.2) is 9.48 Å². The lowest BCUT2D eigenvalue weighted by Gasteiger charge is -2.37. The Hall–Kier alpha value is -4.65. The lowest BCUT2D eigenvalue weighted by Crippen LogP contribution is -2.57. The lowest BCUT2D eigenvalue weighted by molar-refractivity contribution is -0.148. The van der Waals surface area contributed by atoms with Crippen LogP contribution >= 0.6 is 18.9 Å². The summed E-state index contributed by atoms with van der Waals surface area (Å²) >= 11 is 1.20. The van der Waals surface area contributed by atoms with E-state index in [1.807, 2.05) is 19.2 Å². The number of para-hydroxylation sites is 1. The zero-order chi connectivity index (χ0) is 41.3. The zero-order valence-electron chi connectivity index (χ0n) is 33.4. The monoisotopic (exact) mass is 843 g/mol. The fourth-order valence-electron chi connectivity index (χ4n) is 9.09. The highest BCUT2D eigenvalue weighted by molar-refractivity contribution is 7.57. The molecule has 3 amide bonds. The summed E-state index contributed by atoms with van der Waals surface area (Å²) in [5.41, 5.74) is 1.02. The number of hydrogen-bond acceptors (Lipinski definition) is 9. The molecule has 4 aromatic rings. The van der Waals surface area contributed by atoms with Crippen LogP contribution in [0.5, 0.6) is 5.75 Å². The molecule has 2 N–H and O–H groups in total. The average molecular weight is 844 g/mol. The Morgan fingerprint density at radius 1 is 1.03 bits per heavy atom. The highest BCUT2D eigenvalue weighted by Gasteiger charge is 2.58. The van der Waals surface area contributed by atoms with Gasteiger partial charge in [-0.2, -0.15) is 0 Å². The second kappa shape index (κ2) is 17.1. The number of carbonyl (C=O) groups is 4. The van der Waals surface area contributed by atoms with Crippen molar-refractivity contribution in [2.24, 2.45) is 0 Å². The number of alkyl halides is 1. The summed E-state index contributed by atoms with van der Waals surface area (Å²) in [7, 11) is -4.44. The summed E-state index contributed by atoms with van der Waals surface area (Å²) < 4.78 is 42.5. The minimum Gasteiger partial charge on any atom is -0.465 e. The van der Waals surface area contributed by atoms with E-state index in [1.165, 1.54) is 30.4 Å². The Morgan fingerprint density at radius 2 is 1.83 bits per heavy atom. The summed E-state index contributed by atoms with van der Waals surface area (Å²) in [4.78, 5) is 63.9. The third-order valence-corrected chi connectivity index (χ3v) is 15.5. The van der Waals surface area contributed by atoms with Crippen LogP contribution in [0, 0.1) is 0 Å². The van der Waals surface area contributed by atoms with Crippen LogP contribution < -0.4 is 14.9 Å². The van der Waals surface area contributed by atoms with Gasteiger partial charge in [0, 0.05) is 41.1 Å². The first-order chi connectivity index (χ1) is 28.5. The number of amides is 3. The van der Waals surface area contributed by atoms with Gasteiger partial charge >= 0.3 is 13.5 Å². The second-order valence-electron chi connectivity index (χ2n) is 16.4. The number of rotatable bonds is 13. The first kappa shape index (κ1) is 41.1. The molecular formula is C44H51FN5O7PS. The summed E-state index contributed by atoms with van der Waals surface area (Å²) in [5.74, 6) is -3.13. The molecule has 0 bridgehead atoms. The number of halogens is 1. The smallest absolute Gasteiger partial charge is 0.355 e. The fraction of sp³-hybridized carbons (Fsp3) is 0.477. The van der Waals surface area contributed by atoms with Crippen LogP contribution in [-0.4, -0.2) is 81.3 Å². The third kappa shape index (κ3) is 8.54. The quantitative estimate of drug-likeness (QED) is 0.101. The van der Waals surface area contributed by atoms with Gasteiger partial charge in [-0.1, -0.05) is 50.1 Å². The van der Waals surface area contributed by atoms with Gasteiger partial charge in [0.2, 0.25) is 17.7 Å². The number of nitrogens with zero attached hydrogens (tertiary/aromatic N) is 3. The van der Waals surface area contributed by atoms with Crippen molar-refractivity contribution < 1.29 is 37.4 Å². The lowest BCUT2D eigenvalue weighted by atomic mass is 9.97. The first-order valence-electron chi connectivity index (χ1n) is 20.8. The number of thiophene rings is 1. The Bertz CT molecular complexity index is 2240. The molecule has 12 nitrogen and oxygen atoms in total. The van der Waals surface area contributed by atoms with E-state index in [-0.39, 0.29) is 47.2 Å². The Labute approximate surface area is 347 Å². The normalized spacial score (nSPS) is 24.4. The van der Waals surface area contributed by atoms with Crippen molar-refractivity contribution in [2.75, 3.05) is 13.2 Å². The number of ether oxygens (including phenoxy) is 1. The minimum atomic E-state index is -4.44. The molecule has 3 saturated heterocycles. The molecular weight excluding hydrogens is 793 g/mol. The molecule has 8 rings (SSSR count). The summed E-state index contributed by atoms with van der Waals surface area (Å²) in [6.45, 7) is 4.07. The van der Waals surface area contributed by atoms with Crippen LogP contribution in [0.25, 0.3) is 10.1 Å². The van der Waals surface area contributed by atoms with E-state index in [1.54, 1.807) is 53.6 Å². The van der Waals surface area contributed by atoms with E-state index in [9.17, 15) is 23.7 Å². The van der Waals surface area contributed by atoms with Crippen LogP contribution in [0.1, 0.15) is 111 Å². The van der Waals surface area contributed by atoms with Crippen molar-refractivity contribution in [1.82, 2.24) is 25.2 Å². The van der Waals surface area contributed by atoms with Crippen LogP contribution in [0.2, 0.25) is 0 Å². The van der Waals surface area contributed by atoms with Crippen LogP contribution in [-0.2, 0) is 23.7 Å². The molecule has 2 aromatic heterocycles. The Kier molecular flexibility index (Phi) is 11.9. The van der Waals surface area contributed by atoms with Gasteiger partial charge in [-0.3, -0.25) is 28.7 Å². The van der Waals surface area contributed by atoms with Crippen molar-refractivity contribution >= 4 is 52.6 Å². The molecule has 2 unspecified atom stereocenters. The SMILES string of the molecule is CCCOC(=O)[C@H](C)NP(=O)(Oc1ccccc1)[C@@H](F)c1ccc2sc(C(=O)NC3CCCC[C@H]4CC[C@@H](C(=O)N5C[C@H](c6cccnc6)CC56CC6)N4C3=O)cc2c1. The maximum Gasteiger partial charge on any atom is 0.355 e. The maximum absolute atomic E-state index is 16.5. The average Bonchev–Trinajstić information content (AvgIpc) is 3.53. The molecule has 1 saturated carbocycles. The Morgan fingerprint density at radius 3 is 2.58 bits per heavy atom. The number of pyridine rings is 1. The number of aromatic nitrogens is 1. The maximum atomic E-state index is 16.5. The van der Waals surface area contributed by atoms with E-state index < -0.39 is 43.4 Å². The Balaban J connectivity index is 0.980. The van der Waals surface area contributed by atoms with Gasteiger partial charge in [-0.05, 0) is 111 Å². The van der Waals surface area contributed by atoms with E-state index in [0.29, 0.717) is 40.8 Å². The van der Waals surface area contributed by atoms with E-state index >= 15 is 4.39 Å². The predicted octanol–water partition coefficient (Wildman–Crippen LogP) is 8.05. The summed E-state index contributed by atoms with van der Waals surface area (Å²) in [5, 5.41) is 6.14. The predicted molar refractivity (Wildman–Crippen MR) is 223 cm³/mol. The molecule has 4 aliphatic rings. The molecule has 0 radical (unpaired) electrons. The molecule has 1 aliphatic carbocycles. The number of carbonyl (C=O) groups excluding carboxylic acids is 4. The van der Waals surface area contributed by atoms with Gasteiger partial charge in [0.25, 0.3) is 5.91 Å². The van der Waals surface area contributed by atoms with Gasteiger partial charge in [-0.15, -0.1) is 11.3 Å². The van der Waals surface area contributed by atoms with Crippen molar-refractivity contribution in [3.05, 3.63) is 95.1 Å². The number of nitrogens with one attached hydrogen (secondary N) is 2. The largest absolute Gasteiger partial charge is 0.465 e. The van der Waals surface area contributed by atoms with Gasteiger partial charge in [0.15, 0.2) is 0 Å². The molecule has 7 atom stereocenters. The van der Waals surface area contributed by atoms with Crippen LogP contribution in [0.3, 0.4) is 0 Å². The third-order valence-electron chi connectivity index (χ3n) is 12.3. The van der Waals surface area contributed by atoms with E-state index in [4.69, 9.17) is 9.26 Å². The number of esters is 1. The molecule has 4 fully saturated rings. The molecule has 15 heteroatoms. The number of likely N-dealkylation sites (tertiary alicyclic amines) is 1. The number of hydrogen-bond donors (Lipinski definition) is 2. The van der Waals surface area contributed by atoms with Crippen molar-refractivity contribution in [1.29, 1.82) is 0 Å². The van der Waals surface area contributed by atoms with Gasteiger partial charge in [0.1, 0.15) is 23.9 Å². The van der Waals surface area contributed by atoms with Crippen LogP contribution in [0.4, 0.5) is 4.39 Å². The van der Waals surface area contributed by atoms with E-state index in [2.05, 4.69) is 26.4 Å². The highest BCUT2D eigenvalue weighted by Crippen LogP contribution is 2.58. The van der Waals surface area contributed by atoms with Crippen molar-refractivity contribution in [3.63, 3.8) is 0 Å². The minimum absolute atomic E-state index is 0.0154. The van der Waals surface area contributed by atoms with E-state index in [0.717, 1.165) is 50.5 Å². The number of fused-ring (bicyclic) bond motifs is 2. The molecule has 1 spiro atoms. The molecule has 3 aliphatic heterocycles. The second-order valence-corrected chi connectivity index (χ2v) is 19.6. The van der Waals surface area contributed by atoms with Gasteiger partial charge in [0.05, 0.1) is 11.5 Å². The zero-order valence-corrected chi connectivity index (χ0v) is 35.1. The van der Waals surface area contributed by atoms with Crippen molar-refractivity contribution in [3.8, 4) is 5.75 Å². The standard InChI is InChI=1S/C44H51FN5O7PS/c1-3-22-56-43(54)28(2)48-58(55,57-34-12-5-4-6-13-34)39(45)29-15-18-37-31(23-29)24-38(59-37)40(51)47-35-14-8-7-11-33-16-17-36(50(33)41(35)52)42(53)49-27-32(25-44(49)19-20-44)30-10-9-21-46-26-30/h4-6,9-10,12-13,15,18,21,23-24,26,28,32-33,35-36,39H,3,7-8,11,14,16-17,19-20,22,25,27H2,1-2H3,(H,47,51)(H,48,55)/t28-,32+,33-,35?,36-,39+,58?/m0/s1.